The zero-order chi connectivity index (χ0) is 14.4. The normalized spacial score (nSPS) is 10.5. The maximum atomic E-state index is 11.5. The highest BCUT2D eigenvalue weighted by Gasteiger charge is 2.14. The molecule has 1 aromatic rings. The van der Waals surface area contributed by atoms with E-state index in [2.05, 4.69) is 13.8 Å². The van der Waals surface area contributed by atoms with E-state index in [0.29, 0.717) is 17.6 Å². The molecule has 0 aromatic heterocycles. The molecule has 0 atom stereocenters. The Labute approximate surface area is 116 Å². The highest BCUT2D eigenvalue weighted by Crippen LogP contribution is 2.25. The fraction of sp³-hybridized carbons (Fsp3) is 0.462. The van der Waals surface area contributed by atoms with Gasteiger partial charge in [0.15, 0.2) is 5.78 Å². The zero-order valence-corrected chi connectivity index (χ0v) is 12.0. The second-order valence-corrected chi connectivity index (χ2v) is 5.95. The van der Waals surface area contributed by atoms with Crippen molar-refractivity contribution < 1.29 is 14.5 Å². The van der Waals surface area contributed by atoms with Crippen LogP contribution in [0.2, 0.25) is 0 Å². The molecule has 0 heterocycles. The molecular formula is C13H17NO4S. The minimum absolute atomic E-state index is 0.103. The summed E-state index contributed by atoms with van der Waals surface area (Å²) in [5.74, 6) is 0.976. The van der Waals surface area contributed by atoms with E-state index in [1.807, 2.05) is 0 Å². The van der Waals surface area contributed by atoms with Crippen LogP contribution >= 0.6 is 11.8 Å². The fourth-order valence-electron chi connectivity index (χ4n) is 1.47. The van der Waals surface area contributed by atoms with Crippen LogP contribution < -0.4 is 4.74 Å². The van der Waals surface area contributed by atoms with Crippen molar-refractivity contribution in [2.75, 3.05) is 12.4 Å². The third-order valence-corrected chi connectivity index (χ3v) is 3.41. The molecule has 0 aliphatic rings. The number of carbonyl (C=O) groups is 1. The Bertz CT molecular complexity index is 474. The predicted octanol–water partition coefficient (Wildman–Crippen LogP) is 3.32. The van der Waals surface area contributed by atoms with E-state index in [-0.39, 0.29) is 17.0 Å². The number of nitro benzene ring substituents is 1. The molecule has 104 valence electrons. The van der Waals surface area contributed by atoms with Gasteiger partial charge in [0.1, 0.15) is 5.75 Å². The van der Waals surface area contributed by atoms with Gasteiger partial charge in [-0.15, -0.1) is 0 Å². The number of benzene rings is 1. The molecule has 5 nitrogen and oxygen atoms in total. The average molecular weight is 283 g/mol. The average Bonchev–Trinajstić information content (AvgIpc) is 2.34. The summed E-state index contributed by atoms with van der Waals surface area (Å²) in [6.45, 7) is 6.03. The first-order valence-electron chi connectivity index (χ1n) is 5.95. The SMILES string of the molecule is CC(=O)c1cc([N+](=O)[O-])ccc1OCCSC(C)C. The van der Waals surface area contributed by atoms with E-state index in [1.165, 1.54) is 25.1 Å². The number of carbonyl (C=O) groups excluding carboxylic acids is 1. The molecule has 0 aliphatic carbocycles. The van der Waals surface area contributed by atoms with Crippen LogP contribution in [0.25, 0.3) is 0 Å². The lowest BCUT2D eigenvalue weighted by Gasteiger charge is -2.10. The lowest BCUT2D eigenvalue weighted by atomic mass is 10.1. The van der Waals surface area contributed by atoms with Crippen LogP contribution in [-0.4, -0.2) is 28.3 Å². The molecule has 19 heavy (non-hydrogen) atoms. The maximum Gasteiger partial charge on any atom is 0.270 e. The number of nitrogens with zero attached hydrogens (tertiary/aromatic N) is 1. The van der Waals surface area contributed by atoms with Crippen LogP contribution in [0.5, 0.6) is 5.75 Å². The topological polar surface area (TPSA) is 69.4 Å². The van der Waals surface area contributed by atoms with Crippen molar-refractivity contribution in [3.05, 3.63) is 33.9 Å². The number of hydrogen-bond acceptors (Lipinski definition) is 5. The number of Topliss-reactive ketones (excluding diaryl/α,β-unsaturated/α-hetero) is 1. The van der Waals surface area contributed by atoms with Crippen LogP contribution in [0.1, 0.15) is 31.1 Å². The van der Waals surface area contributed by atoms with Gasteiger partial charge >= 0.3 is 0 Å². The van der Waals surface area contributed by atoms with Gasteiger partial charge in [-0.1, -0.05) is 13.8 Å². The van der Waals surface area contributed by atoms with E-state index >= 15 is 0 Å². The maximum absolute atomic E-state index is 11.5. The molecule has 6 heteroatoms. The number of ether oxygens (including phenoxy) is 1. The highest BCUT2D eigenvalue weighted by molar-refractivity contribution is 7.99. The summed E-state index contributed by atoms with van der Waals surface area (Å²) >= 11 is 1.75. The number of thioether (sulfide) groups is 1. The summed E-state index contributed by atoms with van der Waals surface area (Å²) in [5.41, 5.74) is 0.151. The third kappa shape index (κ3) is 4.90. The van der Waals surface area contributed by atoms with Crippen LogP contribution in [0.3, 0.4) is 0 Å². The summed E-state index contributed by atoms with van der Waals surface area (Å²) in [7, 11) is 0. The van der Waals surface area contributed by atoms with Crippen molar-refractivity contribution in [2.24, 2.45) is 0 Å². The summed E-state index contributed by atoms with van der Waals surface area (Å²) in [6.07, 6.45) is 0. The van der Waals surface area contributed by atoms with Crippen molar-refractivity contribution in [3.8, 4) is 5.75 Å². The van der Waals surface area contributed by atoms with Gasteiger partial charge in [0.05, 0.1) is 17.1 Å². The van der Waals surface area contributed by atoms with Gasteiger partial charge in [0, 0.05) is 17.9 Å². The monoisotopic (exact) mass is 283 g/mol. The molecular weight excluding hydrogens is 266 g/mol. The Morgan fingerprint density at radius 1 is 1.47 bits per heavy atom. The van der Waals surface area contributed by atoms with Gasteiger partial charge in [-0.05, 0) is 18.2 Å². The molecule has 1 aromatic carbocycles. The number of nitro groups is 1. The van der Waals surface area contributed by atoms with Crippen molar-refractivity contribution >= 4 is 23.2 Å². The summed E-state index contributed by atoms with van der Waals surface area (Å²) in [6, 6.07) is 4.08. The van der Waals surface area contributed by atoms with Crippen LogP contribution in [0.15, 0.2) is 18.2 Å². The first-order chi connectivity index (χ1) is 8.91. The predicted molar refractivity (Wildman–Crippen MR) is 76.2 cm³/mol. The molecule has 0 aliphatic heterocycles. The van der Waals surface area contributed by atoms with Gasteiger partial charge in [-0.25, -0.2) is 0 Å². The third-order valence-electron chi connectivity index (χ3n) is 2.35. The molecule has 0 unspecified atom stereocenters. The van der Waals surface area contributed by atoms with E-state index in [9.17, 15) is 14.9 Å². The number of rotatable bonds is 7. The Kier molecular flexibility index (Phi) is 5.82. The first-order valence-corrected chi connectivity index (χ1v) is 7.00. The van der Waals surface area contributed by atoms with E-state index < -0.39 is 4.92 Å². The molecule has 0 spiro atoms. The standard InChI is InChI=1S/C13H17NO4S/c1-9(2)19-7-6-18-13-5-4-11(14(16)17)8-12(13)10(3)15/h4-5,8-9H,6-7H2,1-3H3. The molecule has 0 fully saturated rings. The minimum atomic E-state index is -0.523. The molecule has 0 amide bonds. The lowest BCUT2D eigenvalue weighted by Crippen LogP contribution is -2.06. The molecule has 0 radical (unpaired) electrons. The molecule has 0 N–H and O–H groups in total. The molecule has 0 saturated carbocycles. The number of non-ortho nitro benzene ring substituents is 1. The van der Waals surface area contributed by atoms with Crippen molar-refractivity contribution in [2.45, 2.75) is 26.0 Å². The second kappa shape index (κ2) is 7.13. The van der Waals surface area contributed by atoms with Crippen molar-refractivity contribution in [1.82, 2.24) is 0 Å². The van der Waals surface area contributed by atoms with Crippen LogP contribution in [0, 0.1) is 10.1 Å². The number of hydrogen-bond donors (Lipinski definition) is 0. The van der Waals surface area contributed by atoms with Gasteiger partial charge in [-0.3, -0.25) is 14.9 Å². The lowest BCUT2D eigenvalue weighted by molar-refractivity contribution is -0.384. The van der Waals surface area contributed by atoms with Gasteiger partial charge in [-0.2, -0.15) is 11.8 Å². The Hall–Kier alpha value is -1.56. The van der Waals surface area contributed by atoms with E-state index in [4.69, 9.17) is 4.74 Å². The summed E-state index contributed by atoms with van der Waals surface area (Å²) in [4.78, 5) is 21.6. The largest absolute Gasteiger partial charge is 0.492 e. The first kappa shape index (κ1) is 15.5. The van der Waals surface area contributed by atoms with Crippen molar-refractivity contribution in [3.63, 3.8) is 0 Å². The quantitative estimate of drug-likeness (QED) is 0.332. The summed E-state index contributed by atoms with van der Waals surface area (Å²) in [5, 5.41) is 11.2. The molecule has 0 bridgehead atoms. The second-order valence-electron chi connectivity index (χ2n) is 4.26. The highest BCUT2D eigenvalue weighted by atomic mass is 32.2. The van der Waals surface area contributed by atoms with Crippen LogP contribution in [0.4, 0.5) is 5.69 Å². The zero-order valence-electron chi connectivity index (χ0n) is 11.2. The van der Waals surface area contributed by atoms with E-state index in [0.717, 1.165) is 5.75 Å². The van der Waals surface area contributed by atoms with E-state index in [1.54, 1.807) is 11.8 Å². The Balaban J connectivity index is 2.77. The Morgan fingerprint density at radius 3 is 2.68 bits per heavy atom. The molecule has 0 saturated heterocycles. The molecule has 1 rings (SSSR count). The van der Waals surface area contributed by atoms with Crippen molar-refractivity contribution in [1.29, 1.82) is 0 Å². The van der Waals surface area contributed by atoms with Gasteiger partial charge in [0.2, 0.25) is 0 Å². The van der Waals surface area contributed by atoms with Crippen LogP contribution in [-0.2, 0) is 0 Å². The smallest absolute Gasteiger partial charge is 0.270 e. The minimum Gasteiger partial charge on any atom is -0.492 e. The fourth-order valence-corrected chi connectivity index (χ4v) is 2.12. The summed E-state index contributed by atoms with van der Waals surface area (Å²) < 4.78 is 5.52. The van der Waals surface area contributed by atoms with Gasteiger partial charge < -0.3 is 4.74 Å². The van der Waals surface area contributed by atoms with Gasteiger partial charge in [0.25, 0.3) is 5.69 Å². The Morgan fingerprint density at radius 2 is 2.16 bits per heavy atom. The number of ketones is 1.